The minimum Gasteiger partial charge on any atom is -0.508 e. The zero-order valence-electron chi connectivity index (χ0n) is 43.0. The monoisotopic (exact) mass is 849 g/mol. The van der Waals surface area contributed by atoms with Crippen LogP contribution in [-0.2, 0) is 38.9 Å². The van der Waals surface area contributed by atoms with Crippen LogP contribution in [0.15, 0.2) is 60.7 Å². The number of hydrogen-bond donors (Lipinski definition) is 3. The highest BCUT2D eigenvalue weighted by molar-refractivity contribution is 5.71. The van der Waals surface area contributed by atoms with Crippen molar-refractivity contribution in [2.24, 2.45) is 0 Å². The maximum absolute atomic E-state index is 12.0. The van der Waals surface area contributed by atoms with Crippen molar-refractivity contribution in [3.05, 3.63) is 155 Å². The average molecular weight is 849 g/mol. The molecular weight excluding hydrogens is 769 g/mol. The number of aryl methyl sites for hydroxylation is 5. The van der Waals surface area contributed by atoms with E-state index in [-0.39, 0.29) is 38.9 Å². The van der Waals surface area contributed by atoms with Crippen LogP contribution >= 0.6 is 0 Å². The maximum atomic E-state index is 12.0. The molecule has 0 saturated carbocycles. The molecule has 0 aromatic heterocycles. The second kappa shape index (κ2) is 15.6. The highest BCUT2D eigenvalue weighted by atomic mass is 16.3. The van der Waals surface area contributed by atoms with Gasteiger partial charge in [-0.3, -0.25) is 0 Å². The van der Waals surface area contributed by atoms with E-state index in [1.165, 1.54) is 61.2 Å². The molecule has 0 aliphatic heterocycles. The van der Waals surface area contributed by atoms with Gasteiger partial charge in [-0.2, -0.15) is 0 Å². The molecule has 338 valence electrons. The Morgan fingerprint density at radius 2 is 0.810 bits per heavy atom. The molecule has 2 atom stereocenters. The molecule has 1 aliphatic rings. The Bertz CT molecular complexity index is 2530. The zero-order chi connectivity index (χ0) is 47.5. The van der Waals surface area contributed by atoms with E-state index in [1.54, 1.807) is 0 Å². The van der Waals surface area contributed by atoms with Crippen molar-refractivity contribution in [3.63, 3.8) is 0 Å². The Morgan fingerprint density at radius 1 is 0.444 bits per heavy atom. The molecule has 0 heterocycles. The highest BCUT2D eigenvalue weighted by Gasteiger charge is 2.55. The molecule has 0 fully saturated rings. The van der Waals surface area contributed by atoms with Gasteiger partial charge in [-0.1, -0.05) is 164 Å². The minimum atomic E-state index is -0.882. The molecule has 5 aromatic carbocycles. The largest absolute Gasteiger partial charge is 0.508 e. The van der Waals surface area contributed by atoms with Gasteiger partial charge < -0.3 is 15.3 Å². The molecule has 1 aliphatic carbocycles. The Hall–Kier alpha value is -4.50. The molecule has 0 saturated heterocycles. The van der Waals surface area contributed by atoms with Crippen molar-refractivity contribution >= 4 is 0 Å². The van der Waals surface area contributed by atoms with Crippen molar-refractivity contribution in [1.82, 2.24) is 0 Å². The van der Waals surface area contributed by atoms with Gasteiger partial charge in [0.1, 0.15) is 17.2 Å². The number of hydrogen-bond acceptors (Lipinski definition) is 3. The number of phenolic OH excluding ortho intramolecular Hbond substituents is 3. The van der Waals surface area contributed by atoms with Crippen LogP contribution in [0.25, 0.3) is 0 Å². The van der Waals surface area contributed by atoms with Crippen LogP contribution in [-0.4, -0.2) is 15.3 Å². The molecule has 5 aromatic rings. The first-order chi connectivity index (χ1) is 28.6. The fraction of sp³-hybridized carbons (Fsp3) is 0.500. The van der Waals surface area contributed by atoms with Gasteiger partial charge >= 0.3 is 0 Å². The molecule has 0 amide bonds. The van der Waals surface area contributed by atoms with Gasteiger partial charge in [0.2, 0.25) is 0 Å². The predicted molar refractivity (Wildman–Crippen MR) is 268 cm³/mol. The van der Waals surface area contributed by atoms with E-state index < -0.39 is 5.41 Å². The third kappa shape index (κ3) is 8.37. The summed E-state index contributed by atoms with van der Waals surface area (Å²) in [4.78, 5) is 0. The SMILES string of the molecule is Cc1cc2c(c(C(C)(C)C)c1)C(C(C)c1cc(C(C)(C)C)c(O)cc1C)C(c1cc(C(C)(C)C)c(O)cc1C)(c1cc(C(C)(C)C)c(O)cc1C)c1c(cc(C)cc1C(C)(C)C)C2. The molecule has 6 rings (SSSR count). The Kier molecular flexibility index (Phi) is 11.9. The first-order valence-electron chi connectivity index (χ1n) is 23.4. The van der Waals surface area contributed by atoms with Gasteiger partial charge in [0.25, 0.3) is 0 Å². The van der Waals surface area contributed by atoms with Gasteiger partial charge in [-0.25, -0.2) is 0 Å². The van der Waals surface area contributed by atoms with Crippen LogP contribution in [0.2, 0.25) is 0 Å². The fourth-order valence-electron chi connectivity index (χ4n) is 11.4. The second-order valence-electron chi connectivity index (χ2n) is 24.8. The summed E-state index contributed by atoms with van der Waals surface area (Å²) < 4.78 is 0. The summed E-state index contributed by atoms with van der Waals surface area (Å²) in [6, 6.07) is 22.9. The van der Waals surface area contributed by atoms with Crippen LogP contribution in [0, 0.1) is 34.6 Å². The summed E-state index contributed by atoms with van der Waals surface area (Å²) in [6.07, 6.45) is 0.763. The summed E-state index contributed by atoms with van der Waals surface area (Å²) in [6.45, 7) is 47.5. The summed E-state index contributed by atoms with van der Waals surface area (Å²) >= 11 is 0. The van der Waals surface area contributed by atoms with Gasteiger partial charge in [0, 0.05) is 5.92 Å². The molecule has 2 unspecified atom stereocenters. The van der Waals surface area contributed by atoms with E-state index in [1.807, 2.05) is 18.2 Å². The molecule has 63 heavy (non-hydrogen) atoms. The van der Waals surface area contributed by atoms with Crippen molar-refractivity contribution in [3.8, 4) is 17.2 Å². The van der Waals surface area contributed by atoms with Gasteiger partial charge in [0.05, 0.1) is 5.41 Å². The van der Waals surface area contributed by atoms with Crippen molar-refractivity contribution < 1.29 is 15.3 Å². The topological polar surface area (TPSA) is 60.7 Å². The standard InChI is InChI=1S/C60H80O3/c1-33-22-39-29-40-23-34(2)25-48(59(19,20)21)54(40)60(42-31-45(56(10,11)12)50(62)27-36(42)4,43-32-46(57(13,14)15)51(63)28-37(43)5)53(52(39)47(24-33)58(16,17)18)38(6)41-30-44(55(7,8)9)49(61)26-35(41)3/h22-28,30-32,38,53,61-63H,29H2,1-21H3. The summed E-state index contributed by atoms with van der Waals surface area (Å²) in [5, 5.41) is 35.7. The predicted octanol–water partition coefficient (Wildman–Crippen LogP) is 15.7. The fourth-order valence-corrected chi connectivity index (χ4v) is 11.4. The van der Waals surface area contributed by atoms with Crippen molar-refractivity contribution in [2.45, 2.75) is 196 Å². The number of benzene rings is 5. The Morgan fingerprint density at radius 3 is 1.22 bits per heavy atom. The highest BCUT2D eigenvalue weighted by Crippen LogP contribution is 2.64. The van der Waals surface area contributed by atoms with Crippen LogP contribution in [0.4, 0.5) is 0 Å². The summed E-state index contributed by atoms with van der Waals surface area (Å²) in [5.41, 5.74) is 17.5. The van der Waals surface area contributed by atoms with Crippen LogP contribution in [0.5, 0.6) is 17.2 Å². The van der Waals surface area contributed by atoms with E-state index in [2.05, 4.69) is 188 Å². The third-order valence-corrected chi connectivity index (χ3v) is 14.3. The average Bonchev–Trinajstić information content (AvgIpc) is 3.20. The lowest BCUT2D eigenvalue weighted by Crippen LogP contribution is -2.43. The molecule has 0 bridgehead atoms. The van der Waals surface area contributed by atoms with Gasteiger partial charge in [0.15, 0.2) is 0 Å². The normalized spacial score (nSPS) is 16.4. The van der Waals surface area contributed by atoms with E-state index >= 15 is 0 Å². The quantitative estimate of drug-likeness (QED) is 0.169. The Labute approximate surface area is 382 Å². The first kappa shape index (κ1) is 48.0. The van der Waals surface area contributed by atoms with Crippen molar-refractivity contribution in [2.75, 3.05) is 0 Å². The number of phenols is 3. The lowest BCUT2D eigenvalue weighted by atomic mass is 9.51. The smallest absolute Gasteiger partial charge is 0.119 e. The summed E-state index contributed by atoms with van der Waals surface area (Å²) in [5.74, 6) is 0.637. The summed E-state index contributed by atoms with van der Waals surface area (Å²) in [7, 11) is 0. The van der Waals surface area contributed by atoms with Crippen LogP contribution in [0.3, 0.4) is 0 Å². The van der Waals surface area contributed by atoms with Crippen LogP contribution in [0.1, 0.15) is 217 Å². The van der Waals surface area contributed by atoms with Crippen molar-refractivity contribution in [1.29, 1.82) is 0 Å². The molecule has 3 nitrogen and oxygen atoms in total. The zero-order valence-corrected chi connectivity index (χ0v) is 43.0. The maximum Gasteiger partial charge on any atom is 0.119 e. The lowest BCUT2D eigenvalue weighted by molar-refractivity contribution is 0.394. The van der Waals surface area contributed by atoms with E-state index in [0.717, 1.165) is 39.8 Å². The van der Waals surface area contributed by atoms with E-state index in [9.17, 15) is 15.3 Å². The van der Waals surface area contributed by atoms with E-state index in [4.69, 9.17) is 0 Å². The molecule has 0 spiro atoms. The molecule has 3 N–H and O–H groups in total. The Balaban J connectivity index is 2.11. The lowest BCUT2D eigenvalue weighted by Gasteiger charge is -2.51. The molecular formula is C60H80O3. The number of fused-ring (bicyclic) bond motifs is 2. The van der Waals surface area contributed by atoms with Crippen LogP contribution < -0.4 is 0 Å². The molecule has 3 heteroatoms. The second-order valence-corrected chi connectivity index (χ2v) is 24.8. The number of aromatic hydroxyl groups is 3. The molecule has 0 radical (unpaired) electrons. The third-order valence-electron chi connectivity index (χ3n) is 14.3. The minimum absolute atomic E-state index is 0.105. The van der Waals surface area contributed by atoms with E-state index in [0.29, 0.717) is 17.2 Å². The van der Waals surface area contributed by atoms with Gasteiger partial charge in [-0.15, -0.1) is 0 Å². The number of rotatable bonds is 4. The first-order valence-corrected chi connectivity index (χ1v) is 23.4. The van der Waals surface area contributed by atoms with Gasteiger partial charge in [-0.05, 0) is 176 Å².